The van der Waals surface area contributed by atoms with Gasteiger partial charge >= 0.3 is 0 Å². The Morgan fingerprint density at radius 1 is 1.24 bits per heavy atom. The summed E-state index contributed by atoms with van der Waals surface area (Å²) >= 11 is 0. The highest BCUT2D eigenvalue weighted by Crippen LogP contribution is 2.34. The Labute approximate surface area is 147 Å². The highest BCUT2D eigenvalue weighted by molar-refractivity contribution is 5.47. The average Bonchev–Trinajstić information content (AvgIpc) is 2.93. The standard InChI is InChI=1S/C21H19N3O/c1-14-9-15(13-22)11-17(10-14)16-5-4-7-18-20(12-16)25-21(24-18)19-6-2-3-8-23-19/h2-3,6,8-11,16H,4-5,7,12H2,1H3. The van der Waals surface area contributed by atoms with Crippen molar-refractivity contribution in [3.8, 4) is 17.7 Å². The summed E-state index contributed by atoms with van der Waals surface area (Å²) in [6.45, 7) is 2.04. The van der Waals surface area contributed by atoms with Crippen molar-refractivity contribution in [3.05, 3.63) is 70.7 Å². The highest BCUT2D eigenvalue weighted by Gasteiger charge is 2.24. The van der Waals surface area contributed by atoms with Gasteiger partial charge < -0.3 is 4.42 Å². The molecule has 0 radical (unpaired) electrons. The fraction of sp³-hybridized carbons (Fsp3) is 0.286. The van der Waals surface area contributed by atoms with Gasteiger partial charge in [0, 0.05) is 12.6 Å². The molecule has 0 spiro atoms. The van der Waals surface area contributed by atoms with Gasteiger partial charge in [-0.3, -0.25) is 4.98 Å². The summed E-state index contributed by atoms with van der Waals surface area (Å²) in [7, 11) is 0. The lowest BCUT2D eigenvalue weighted by atomic mass is 9.89. The Balaban J connectivity index is 1.67. The Hall–Kier alpha value is -2.93. The molecule has 1 aliphatic carbocycles. The molecule has 4 heteroatoms. The number of aryl methyl sites for hydroxylation is 2. The largest absolute Gasteiger partial charge is 0.440 e. The van der Waals surface area contributed by atoms with E-state index in [1.54, 1.807) is 6.20 Å². The van der Waals surface area contributed by atoms with E-state index in [0.29, 0.717) is 11.8 Å². The summed E-state index contributed by atoms with van der Waals surface area (Å²) in [5.74, 6) is 1.93. The molecule has 1 aliphatic rings. The van der Waals surface area contributed by atoms with Crippen molar-refractivity contribution >= 4 is 0 Å². The predicted molar refractivity (Wildman–Crippen MR) is 95.0 cm³/mol. The van der Waals surface area contributed by atoms with Crippen LogP contribution in [-0.2, 0) is 12.8 Å². The molecule has 4 rings (SSSR count). The zero-order valence-electron chi connectivity index (χ0n) is 14.2. The van der Waals surface area contributed by atoms with Gasteiger partial charge in [0.1, 0.15) is 11.5 Å². The van der Waals surface area contributed by atoms with Crippen molar-refractivity contribution in [3.63, 3.8) is 0 Å². The summed E-state index contributed by atoms with van der Waals surface area (Å²) < 4.78 is 6.07. The van der Waals surface area contributed by atoms with Crippen LogP contribution in [-0.4, -0.2) is 9.97 Å². The van der Waals surface area contributed by atoms with Crippen LogP contribution in [0.2, 0.25) is 0 Å². The van der Waals surface area contributed by atoms with E-state index in [2.05, 4.69) is 22.1 Å². The van der Waals surface area contributed by atoms with Gasteiger partial charge in [-0.05, 0) is 67.5 Å². The maximum atomic E-state index is 9.24. The van der Waals surface area contributed by atoms with Gasteiger partial charge in [0.25, 0.3) is 0 Å². The van der Waals surface area contributed by atoms with Gasteiger partial charge in [0.15, 0.2) is 0 Å². The van der Waals surface area contributed by atoms with Gasteiger partial charge in [-0.15, -0.1) is 0 Å². The molecule has 0 saturated carbocycles. The number of rotatable bonds is 2. The summed E-state index contributed by atoms with van der Waals surface area (Å²) in [5, 5.41) is 9.24. The molecule has 0 aliphatic heterocycles. The minimum absolute atomic E-state index is 0.359. The molecular weight excluding hydrogens is 310 g/mol. The maximum Gasteiger partial charge on any atom is 0.245 e. The summed E-state index contributed by atoms with van der Waals surface area (Å²) in [4.78, 5) is 9.01. The molecular formula is C21H19N3O. The summed E-state index contributed by atoms with van der Waals surface area (Å²) in [6.07, 6.45) is 5.66. The maximum absolute atomic E-state index is 9.24. The number of benzene rings is 1. The SMILES string of the molecule is Cc1cc(C#N)cc(C2CCCc3nc(-c4ccccn4)oc3C2)c1. The van der Waals surface area contributed by atoms with Crippen molar-refractivity contribution in [2.24, 2.45) is 0 Å². The van der Waals surface area contributed by atoms with Gasteiger partial charge in [-0.1, -0.05) is 12.1 Å². The lowest BCUT2D eigenvalue weighted by molar-refractivity contribution is 0.486. The van der Waals surface area contributed by atoms with E-state index in [-0.39, 0.29) is 0 Å². The minimum Gasteiger partial charge on any atom is -0.440 e. The number of fused-ring (bicyclic) bond motifs is 1. The predicted octanol–water partition coefficient (Wildman–Crippen LogP) is 4.58. The van der Waals surface area contributed by atoms with Crippen molar-refractivity contribution in [2.45, 2.75) is 38.5 Å². The van der Waals surface area contributed by atoms with Crippen LogP contribution in [0.5, 0.6) is 0 Å². The van der Waals surface area contributed by atoms with Gasteiger partial charge in [-0.25, -0.2) is 4.98 Å². The molecule has 1 atom stereocenters. The second-order valence-electron chi connectivity index (χ2n) is 6.64. The molecule has 1 aromatic carbocycles. The Morgan fingerprint density at radius 2 is 2.16 bits per heavy atom. The number of nitriles is 1. The zero-order valence-corrected chi connectivity index (χ0v) is 14.2. The second-order valence-corrected chi connectivity index (χ2v) is 6.64. The van der Waals surface area contributed by atoms with Crippen molar-refractivity contribution in [2.75, 3.05) is 0 Å². The van der Waals surface area contributed by atoms with E-state index in [9.17, 15) is 5.26 Å². The lowest BCUT2D eigenvalue weighted by Crippen LogP contribution is -2.02. The first kappa shape index (κ1) is 15.6. The molecule has 2 aromatic heterocycles. The number of aromatic nitrogens is 2. The van der Waals surface area contributed by atoms with Gasteiger partial charge in [0.2, 0.25) is 5.89 Å². The van der Waals surface area contributed by atoms with E-state index in [1.807, 2.05) is 37.3 Å². The van der Waals surface area contributed by atoms with E-state index in [0.717, 1.165) is 54.0 Å². The van der Waals surface area contributed by atoms with E-state index in [1.165, 1.54) is 5.56 Å². The second kappa shape index (κ2) is 6.52. The molecule has 1 unspecified atom stereocenters. The summed E-state index contributed by atoms with van der Waals surface area (Å²) in [5.41, 5.74) is 4.91. The summed E-state index contributed by atoms with van der Waals surface area (Å²) in [6, 6.07) is 14.1. The normalized spacial score (nSPS) is 16.7. The highest BCUT2D eigenvalue weighted by atomic mass is 16.4. The van der Waals surface area contributed by atoms with Crippen LogP contribution in [0.15, 0.2) is 47.0 Å². The van der Waals surface area contributed by atoms with Crippen LogP contribution in [0, 0.1) is 18.3 Å². The Bertz CT molecular complexity index is 938. The molecule has 3 aromatic rings. The van der Waals surface area contributed by atoms with Crippen LogP contribution in [0.3, 0.4) is 0 Å². The Morgan fingerprint density at radius 3 is 2.96 bits per heavy atom. The number of hydrogen-bond acceptors (Lipinski definition) is 4. The van der Waals surface area contributed by atoms with Gasteiger partial charge in [-0.2, -0.15) is 5.26 Å². The van der Waals surface area contributed by atoms with Crippen LogP contribution in [0.1, 0.15) is 46.9 Å². The molecule has 124 valence electrons. The van der Waals surface area contributed by atoms with Crippen molar-refractivity contribution in [1.82, 2.24) is 9.97 Å². The lowest BCUT2D eigenvalue weighted by Gasteiger charge is -2.15. The first-order valence-corrected chi connectivity index (χ1v) is 8.64. The average molecular weight is 329 g/mol. The first-order valence-electron chi connectivity index (χ1n) is 8.64. The molecule has 2 heterocycles. The number of pyridine rings is 1. The van der Waals surface area contributed by atoms with Crippen LogP contribution < -0.4 is 0 Å². The first-order chi connectivity index (χ1) is 12.2. The minimum atomic E-state index is 0.359. The van der Waals surface area contributed by atoms with Crippen LogP contribution in [0.25, 0.3) is 11.6 Å². The smallest absolute Gasteiger partial charge is 0.245 e. The molecule has 0 amide bonds. The third-order valence-corrected chi connectivity index (χ3v) is 4.76. The number of oxazole rings is 1. The fourth-order valence-electron chi connectivity index (χ4n) is 3.58. The third-order valence-electron chi connectivity index (χ3n) is 4.76. The number of nitrogens with zero attached hydrogens (tertiary/aromatic N) is 3. The number of hydrogen-bond donors (Lipinski definition) is 0. The molecule has 4 nitrogen and oxygen atoms in total. The molecule has 0 bridgehead atoms. The molecule has 0 N–H and O–H groups in total. The Kier molecular flexibility index (Phi) is 4.07. The molecule has 0 fully saturated rings. The molecule has 0 saturated heterocycles. The van der Waals surface area contributed by atoms with Crippen LogP contribution >= 0.6 is 0 Å². The zero-order chi connectivity index (χ0) is 17.2. The van der Waals surface area contributed by atoms with E-state index < -0.39 is 0 Å². The van der Waals surface area contributed by atoms with Crippen molar-refractivity contribution < 1.29 is 4.42 Å². The quantitative estimate of drug-likeness (QED) is 0.646. The van der Waals surface area contributed by atoms with Gasteiger partial charge in [0.05, 0.1) is 17.3 Å². The van der Waals surface area contributed by atoms with E-state index in [4.69, 9.17) is 4.42 Å². The fourth-order valence-corrected chi connectivity index (χ4v) is 3.58. The third kappa shape index (κ3) is 3.18. The van der Waals surface area contributed by atoms with Crippen molar-refractivity contribution in [1.29, 1.82) is 5.26 Å². The van der Waals surface area contributed by atoms with Crippen LogP contribution in [0.4, 0.5) is 0 Å². The monoisotopic (exact) mass is 329 g/mol. The van der Waals surface area contributed by atoms with E-state index >= 15 is 0 Å². The molecule has 25 heavy (non-hydrogen) atoms. The topological polar surface area (TPSA) is 62.7 Å².